The van der Waals surface area contributed by atoms with Crippen LogP contribution in [0.25, 0.3) is 0 Å². The summed E-state index contributed by atoms with van der Waals surface area (Å²) in [6.07, 6.45) is 8.21. The van der Waals surface area contributed by atoms with Crippen LogP contribution in [0.5, 0.6) is 0 Å². The van der Waals surface area contributed by atoms with Crippen molar-refractivity contribution in [3.8, 4) is 0 Å². The highest BCUT2D eigenvalue weighted by Gasteiger charge is 1.91. The average molecular weight is 139 g/mol. The Labute approximate surface area is 63.7 Å². The van der Waals surface area contributed by atoms with Gasteiger partial charge in [-0.1, -0.05) is 25.5 Å². The second kappa shape index (κ2) is 6.53. The molecule has 0 amide bonds. The summed E-state index contributed by atoms with van der Waals surface area (Å²) in [5.74, 6) is 0. The van der Waals surface area contributed by atoms with Crippen LogP contribution in [0.2, 0.25) is 0 Å². The third-order valence-corrected chi connectivity index (χ3v) is 1.40. The first kappa shape index (κ1) is 9.41. The van der Waals surface area contributed by atoms with E-state index < -0.39 is 0 Å². The maximum absolute atomic E-state index is 7.43. The Morgan fingerprint density at radius 2 is 2.10 bits per heavy atom. The quantitative estimate of drug-likeness (QED) is 0.447. The van der Waals surface area contributed by atoms with Crippen molar-refractivity contribution in [2.75, 3.05) is 0 Å². The molecule has 0 atom stereocenters. The zero-order chi connectivity index (χ0) is 7.82. The summed E-state index contributed by atoms with van der Waals surface area (Å²) in [4.78, 5) is 0. The van der Waals surface area contributed by atoms with E-state index in [1.54, 1.807) is 0 Å². The van der Waals surface area contributed by atoms with Crippen LogP contribution < -0.4 is 0 Å². The molecule has 0 fully saturated rings. The minimum atomic E-state index is 0.889. The van der Waals surface area contributed by atoms with Gasteiger partial charge in [0.15, 0.2) is 0 Å². The van der Waals surface area contributed by atoms with Gasteiger partial charge in [-0.25, -0.2) is 0 Å². The zero-order valence-corrected chi connectivity index (χ0v) is 6.98. The summed E-state index contributed by atoms with van der Waals surface area (Å²) in [6.45, 7) is 4.13. The van der Waals surface area contributed by atoms with Crippen molar-refractivity contribution < 1.29 is 0 Å². The van der Waals surface area contributed by atoms with Gasteiger partial charge in [-0.05, 0) is 26.2 Å². The fourth-order valence-electron chi connectivity index (χ4n) is 0.851. The van der Waals surface area contributed by atoms with Gasteiger partial charge < -0.3 is 5.41 Å². The second-order valence-electron chi connectivity index (χ2n) is 2.46. The Morgan fingerprint density at radius 3 is 2.60 bits per heavy atom. The lowest BCUT2D eigenvalue weighted by molar-refractivity contribution is 0.935. The number of rotatable bonds is 5. The van der Waals surface area contributed by atoms with E-state index >= 15 is 0 Å². The molecular weight excluding hydrogens is 122 g/mol. The van der Waals surface area contributed by atoms with Gasteiger partial charge in [-0.2, -0.15) is 0 Å². The molecule has 0 spiro atoms. The monoisotopic (exact) mass is 139 g/mol. The molecule has 1 nitrogen and oxygen atoms in total. The fourth-order valence-corrected chi connectivity index (χ4v) is 0.851. The molecule has 1 heteroatoms. The number of hydrogen-bond donors (Lipinski definition) is 1. The van der Waals surface area contributed by atoms with E-state index in [1.165, 1.54) is 0 Å². The molecule has 10 heavy (non-hydrogen) atoms. The maximum Gasteiger partial charge on any atom is 0.00921 e. The summed E-state index contributed by atoms with van der Waals surface area (Å²) in [5, 5.41) is 7.43. The van der Waals surface area contributed by atoms with Gasteiger partial charge in [0.1, 0.15) is 0 Å². The lowest BCUT2D eigenvalue weighted by Gasteiger charge is -1.96. The summed E-state index contributed by atoms with van der Waals surface area (Å²) in [5.41, 5.74) is 0.889. The summed E-state index contributed by atoms with van der Waals surface area (Å²) in [7, 11) is 0. The molecule has 0 aliphatic heterocycles. The first-order valence-electron chi connectivity index (χ1n) is 3.98. The molecule has 0 rings (SSSR count). The molecule has 0 heterocycles. The minimum Gasteiger partial charge on any atom is -0.310 e. The van der Waals surface area contributed by atoms with Gasteiger partial charge in [-0.15, -0.1) is 0 Å². The lowest BCUT2D eigenvalue weighted by atomic mass is 10.1. The molecule has 0 bridgehead atoms. The standard InChI is InChI=1S/C9H17N/c1-3-5-6-8-9(10)7-4-2/h3,5,10H,4,6-8H2,1-2H3/b5-3-,10-9?. The van der Waals surface area contributed by atoms with E-state index in [-0.39, 0.29) is 0 Å². The minimum absolute atomic E-state index is 0.889. The molecule has 0 aliphatic carbocycles. The normalized spacial score (nSPS) is 10.6. The van der Waals surface area contributed by atoms with Crippen LogP contribution in [0.4, 0.5) is 0 Å². The summed E-state index contributed by atoms with van der Waals surface area (Å²) in [6, 6.07) is 0. The van der Waals surface area contributed by atoms with Crippen LogP contribution in [-0.4, -0.2) is 5.71 Å². The number of allylic oxidation sites excluding steroid dienone is 2. The van der Waals surface area contributed by atoms with E-state index in [4.69, 9.17) is 5.41 Å². The van der Waals surface area contributed by atoms with Gasteiger partial charge in [0.05, 0.1) is 0 Å². The van der Waals surface area contributed by atoms with Crippen molar-refractivity contribution in [1.82, 2.24) is 0 Å². The van der Waals surface area contributed by atoms with Crippen LogP contribution >= 0.6 is 0 Å². The average Bonchev–Trinajstić information content (AvgIpc) is 1.89. The Hall–Kier alpha value is -0.590. The van der Waals surface area contributed by atoms with Crippen molar-refractivity contribution in [3.63, 3.8) is 0 Å². The van der Waals surface area contributed by atoms with E-state index in [0.717, 1.165) is 31.4 Å². The number of nitrogens with one attached hydrogen (secondary N) is 1. The molecule has 0 saturated heterocycles. The zero-order valence-electron chi connectivity index (χ0n) is 6.98. The fraction of sp³-hybridized carbons (Fsp3) is 0.667. The molecule has 0 saturated carbocycles. The van der Waals surface area contributed by atoms with Gasteiger partial charge in [0.2, 0.25) is 0 Å². The van der Waals surface area contributed by atoms with Crippen molar-refractivity contribution in [3.05, 3.63) is 12.2 Å². The second-order valence-corrected chi connectivity index (χ2v) is 2.46. The Balaban J connectivity index is 3.21. The Bertz CT molecular complexity index is 114. The molecule has 1 N–H and O–H groups in total. The van der Waals surface area contributed by atoms with Crippen LogP contribution in [0.3, 0.4) is 0 Å². The number of hydrogen-bond acceptors (Lipinski definition) is 1. The first-order valence-corrected chi connectivity index (χ1v) is 3.98. The maximum atomic E-state index is 7.43. The van der Waals surface area contributed by atoms with Gasteiger partial charge in [0.25, 0.3) is 0 Å². The third-order valence-electron chi connectivity index (χ3n) is 1.40. The van der Waals surface area contributed by atoms with Crippen molar-refractivity contribution in [1.29, 1.82) is 5.41 Å². The van der Waals surface area contributed by atoms with E-state index in [2.05, 4.69) is 13.0 Å². The predicted molar refractivity (Wildman–Crippen MR) is 46.7 cm³/mol. The van der Waals surface area contributed by atoms with Crippen LogP contribution in [0.1, 0.15) is 39.5 Å². The van der Waals surface area contributed by atoms with E-state index in [1.807, 2.05) is 13.0 Å². The molecular formula is C9H17N. The molecule has 58 valence electrons. The van der Waals surface area contributed by atoms with Crippen molar-refractivity contribution in [2.45, 2.75) is 39.5 Å². The highest BCUT2D eigenvalue weighted by molar-refractivity contribution is 5.81. The van der Waals surface area contributed by atoms with Gasteiger partial charge in [0, 0.05) is 5.71 Å². The largest absolute Gasteiger partial charge is 0.310 e. The van der Waals surface area contributed by atoms with E-state index in [9.17, 15) is 0 Å². The Kier molecular flexibility index (Phi) is 6.14. The van der Waals surface area contributed by atoms with Gasteiger partial charge in [-0.3, -0.25) is 0 Å². The Morgan fingerprint density at radius 1 is 1.40 bits per heavy atom. The molecule has 0 aromatic rings. The van der Waals surface area contributed by atoms with Crippen molar-refractivity contribution >= 4 is 5.71 Å². The summed E-state index contributed by atoms with van der Waals surface area (Å²) >= 11 is 0. The third kappa shape index (κ3) is 5.54. The predicted octanol–water partition coefficient (Wildman–Crippen LogP) is 3.16. The smallest absolute Gasteiger partial charge is 0.00921 e. The first-order chi connectivity index (χ1) is 4.81. The molecule has 0 aromatic heterocycles. The molecule has 0 aliphatic rings. The molecule has 0 aromatic carbocycles. The van der Waals surface area contributed by atoms with Crippen LogP contribution in [0.15, 0.2) is 12.2 Å². The topological polar surface area (TPSA) is 23.9 Å². The van der Waals surface area contributed by atoms with Crippen LogP contribution in [0, 0.1) is 5.41 Å². The lowest BCUT2D eigenvalue weighted by Crippen LogP contribution is -1.93. The highest BCUT2D eigenvalue weighted by Crippen LogP contribution is 1.98. The van der Waals surface area contributed by atoms with Gasteiger partial charge >= 0.3 is 0 Å². The molecule has 0 unspecified atom stereocenters. The highest BCUT2D eigenvalue weighted by atomic mass is 14.4. The van der Waals surface area contributed by atoms with Crippen LogP contribution in [-0.2, 0) is 0 Å². The molecule has 0 radical (unpaired) electrons. The van der Waals surface area contributed by atoms with E-state index in [0.29, 0.717) is 0 Å². The summed E-state index contributed by atoms with van der Waals surface area (Å²) < 4.78 is 0. The van der Waals surface area contributed by atoms with Crippen molar-refractivity contribution in [2.24, 2.45) is 0 Å². The SMILES string of the molecule is C/C=C\CCC(=N)CCC.